The van der Waals surface area contributed by atoms with Crippen molar-refractivity contribution in [3.8, 4) is 0 Å². The summed E-state index contributed by atoms with van der Waals surface area (Å²) in [5.74, 6) is -1.20. The number of nitrogens with zero attached hydrogens (tertiary/aromatic N) is 1. The maximum atomic E-state index is 12.6. The van der Waals surface area contributed by atoms with Crippen molar-refractivity contribution in [3.63, 3.8) is 0 Å². The van der Waals surface area contributed by atoms with Crippen LogP contribution in [-0.4, -0.2) is 41.6 Å². The van der Waals surface area contributed by atoms with E-state index in [4.69, 9.17) is 0 Å². The molecule has 31 heavy (non-hydrogen) atoms. The Labute approximate surface area is 181 Å². The van der Waals surface area contributed by atoms with Crippen LogP contribution in [0.5, 0.6) is 0 Å². The van der Waals surface area contributed by atoms with Crippen LogP contribution < -0.4 is 10.6 Å². The lowest BCUT2D eigenvalue weighted by Crippen LogP contribution is -2.33. The van der Waals surface area contributed by atoms with Gasteiger partial charge in [-0.25, -0.2) is 0 Å². The Bertz CT molecular complexity index is 1060. The second-order valence-corrected chi connectivity index (χ2v) is 8.18. The van der Waals surface area contributed by atoms with E-state index in [0.29, 0.717) is 30.1 Å². The quantitative estimate of drug-likeness (QED) is 0.671. The molecule has 0 aliphatic carbocycles. The van der Waals surface area contributed by atoms with E-state index in [2.05, 4.69) is 10.6 Å². The third-order valence-electron chi connectivity index (χ3n) is 5.45. The summed E-state index contributed by atoms with van der Waals surface area (Å²) in [4.78, 5) is 51.1. The van der Waals surface area contributed by atoms with Crippen LogP contribution in [0.2, 0.25) is 0 Å². The van der Waals surface area contributed by atoms with Gasteiger partial charge in [-0.15, -0.1) is 0 Å². The molecule has 2 aromatic carbocycles. The second kappa shape index (κ2) is 9.12. The average Bonchev–Trinajstić information content (AvgIpc) is 2.97. The molecule has 0 saturated carbocycles. The zero-order valence-electron chi connectivity index (χ0n) is 18.2. The summed E-state index contributed by atoms with van der Waals surface area (Å²) in [5, 5.41) is 5.34. The van der Waals surface area contributed by atoms with Crippen molar-refractivity contribution in [1.82, 2.24) is 10.2 Å². The molecule has 0 fully saturated rings. The first kappa shape index (κ1) is 22.2. The van der Waals surface area contributed by atoms with Crippen LogP contribution in [0.4, 0.5) is 5.69 Å². The van der Waals surface area contributed by atoms with E-state index in [-0.39, 0.29) is 35.4 Å². The standard InChI is InChI=1S/C24H27N3O4/c1-14(2)10-11-27-23(30)18-9-8-17(12-19(18)24(27)31)22(29)25-13-21(28)26-20-7-5-6-15(3)16(20)4/h5-9,12,14H,10-11,13H2,1-4H3,(H,25,29)(H,26,28). The molecule has 3 rings (SSSR count). The topological polar surface area (TPSA) is 95.6 Å². The van der Waals surface area contributed by atoms with Crippen LogP contribution in [0, 0.1) is 19.8 Å². The summed E-state index contributed by atoms with van der Waals surface area (Å²) < 4.78 is 0. The maximum Gasteiger partial charge on any atom is 0.261 e. The van der Waals surface area contributed by atoms with Gasteiger partial charge < -0.3 is 10.6 Å². The SMILES string of the molecule is Cc1cccc(NC(=O)CNC(=O)c2ccc3c(c2)C(=O)N(CCC(C)C)C3=O)c1C. The zero-order valence-corrected chi connectivity index (χ0v) is 18.2. The van der Waals surface area contributed by atoms with Crippen molar-refractivity contribution < 1.29 is 19.2 Å². The van der Waals surface area contributed by atoms with Gasteiger partial charge >= 0.3 is 0 Å². The van der Waals surface area contributed by atoms with Crippen LogP contribution in [0.25, 0.3) is 0 Å². The number of fused-ring (bicyclic) bond motifs is 1. The molecule has 2 aromatic rings. The second-order valence-electron chi connectivity index (χ2n) is 8.18. The smallest absolute Gasteiger partial charge is 0.261 e. The number of carbonyl (C=O) groups is 4. The molecule has 7 nitrogen and oxygen atoms in total. The Morgan fingerprint density at radius 2 is 1.71 bits per heavy atom. The van der Waals surface area contributed by atoms with Gasteiger partial charge in [-0.05, 0) is 61.6 Å². The van der Waals surface area contributed by atoms with Crippen molar-refractivity contribution in [1.29, 1.82) is 0 Å². The minimum Gasteiger partial charge on any atom is -0.343 e. The molecule has 1 aliphatic rings. The number of nitrogens with one attached hydrogen (secondary N) is 2. The van der Waals surface area contributed by atoms with Crippen molar-refractivity contribution in [2.24, 2.45) is 5.92 Å². The molecule has 0 aromatic heterocycles. The molecular formula is C24H27N3O4. The fourth-order valence-corrected chi connectivity index (χ4v) is 3.37. The summed E-state index contributed by atoms with van der Waals surface area (Å²) in [5.41, 5.74) is 3.47. The minimum absolute atomic E-state index is 0.212. The predicted molar refractivity (Wildman–Crippen MR) is 118 cm³/mol. The first-order chi connectivity index (χ1) is 14.7. The van der Waals surface area contributed by atoms with Gasteiger partial charge in [0.25, 0.3) is 17.7 Å². The Balaban J connectivity index is 1.64. The van der Waals surface area contributed by atoms with Crippen LogP contribution in [-0.2, 0) is 4.79 Å². The van der Waals surface area contributed by atoms with Crippen molar-refractivity contribution in [2.45, 2.75) is 34.1 Å². The Kier molecular flexibility index (Phi) is 6.53. The van der Waals surface area contributed by atoms with Crippen LogP contribution in [0.15, 0.2) is 36.4 Å². The van der Waals surface area contributed by atoms with Crippen molar-refractivity contribution in [2.75, 3.05) is 18.4 Å². The van der Waals surface area contributed by atoms with Crippen LogP contribution in [0.3, 0.4) is 0 Å². The molecule has 1 aliphatic heterocycles. The van der Waals surface area contributed by atoms with E-state index >= 15 is 0 Å². The molecule has 0 bridgehead atoms. The van der Waals surface area contributed by atoms with E-state index in [9.17, 15) is 19.2 Å². The monoisotopic (exact) mass is 421 g/mol. The van der Waals surface area contributed by atoms with E-state index in [1.54, 1.807) is 6.07 Å². The van der Waals surface area contributed by atoms with Gasteiger partial charge in [0.05, 0.1) is 17.7 Å². The third-order valence-corrected chi connectivity index (χ3v) is 5.45. The van der Waals surface area contributed by atoms with E-state index in [1.807, 2.05) is 39.8 Å². The Morgan fingerprint density at radius 1 is 1.00 bits per heavy atom. The first-order valence-electron chi connectivity index (χ1n) is 10.3. The van der Waals surface area contributed by atoms with Gasteiger partial charge in [0.2, 0.25) is 5.91 Å². The first-order valence-corrected chi connectivity index (χ1v) is 10.3. The van der Waals surface area contributed by atoms with Crippen LogP contribution in [0.1, 0.15) is 62.5 Å². The van der Waals surface area contributed by atoms with Gasteiger partial charge in [-0.1, -0.05) is 26.0 Å². The number of hydrogen-bond acceptors (Lipinski definition) is 4. The fraction of sp³-hybridized carbons (Fsp3) is 0.333. The number of aryl methyl sites for hydroxylation is 1. The minimum atomic E-state index is -0.486. The average molecular weight is 421 g/mol. The highest BCUT2D eigenvalue weighted by atomic mass is 16.2. The van der Waals surface area contributed by atoms with Crippen LogP contribution >= 0.6 is 0 Å². The van der Waals surface area contributed by atoms with E-state index < -0.39 is 5.91 Å². The normalized spacial score (nSPS) is 12.9. The Morgan fingerprint density at radius 3 is 2.42 bits per heavy atom. The highest BCUT2D eigenvalue weighted by molar-refractivity contribution is 6.22. The molecule has 1 heterocycles. The van der Waals surface area contributed by atoms with Gasteiger partial charge in [0, 0.05) is 17.8 Å². The van der Waals surface area contributed by atoms with Gasteiger partial charge in [-0.2, -0.15) is 0 Å². The van der Waals surface area contributed by atoms with Gasteiger partial charge in [-0.3, -0.25) is 24.1 Å². The zero-order chi connectivity index (χ0) is 22.7. The molecule has 0 unspecified atom stereocenters. The summed E-state index contributed by atoms with van der Waals surface area (Å²) in [6.07, 6.45) is 0.717. The molecule has 0 atom stereocenters. The molecular weight excluding hydrogens is 394 g/mol. The largest absolute Gasteiger partial charge is 0.343 e. The summed E-state index contributed by atoms with van der Waals surface area (Å²) in [7, 11) is 0. The summed E-state index contributed by atoms with van der Waals surface area (Å²) >= 11 is 0. The molecule has 0 radical (unpaired) electrons. The van der Waals surface area contributed by atoms with Gasteiger partial charge in [0.15, 0.2) is 0 Å². The molecule has 0 saturated heterocycles. The lowest BCUT2D eigenvalue weighted by Gasteiger charge is -2.14. The predicted octanol–water partition coefficient (Wildman–Crippen LogP) is 3.31. The molecule has 0 spiro atoms. The summed E-state index contributed by atoms with van der Waals surface area (Å²) in [6.45, 7) is 8.06. The number of hydrogen-bond donors (Lipinski definition) is 2. The highest BCUT2D eigenvalue weighted by Gasteiger charge is 2.35. The number of carbonyl (C=O) groups excluding carboxylic acids is 4. The summed E-state index contributed by atoms with van der Waals surface area (Å²) in [6, 6.07) is 10.0. The third kappa shape index (κ3) is 4.82. The van der Waals surface area contributed by atoms with Crippen molar-refractivity contribution >= 4 is 29.3 Å². The van der Waals surface area contributed by atoms with Crippen molar-refractivity contribution in [3.05, 3.63) is 64.2 Å². The molecule has 2 N–H and O–H groups in total. The highest BCUT2D eigenvalue weighted by Crippen LogP contribution is 2.25. The van der Waals surface area contributed by atoms with E-state index in [0.717, 1.165) is 11.1 Å². The van der Waals surface area contributed by atoms with E-state index in [1.165, 1.54) is 23.1 Å². The number of rotatable bonds is 7. The molecule has 7 heteroatoms. The molecule has 162 valence electrons. The number of amides is 4. The fourth-order valence-electron chi connectivity index (χ4n) is 3.37. The molecule has 4 amide bonds. The Hall–Kier alpha value is -3.48. The lowest BCUT2D eigenvalue weighted by atomic mass is 10.1. The number of imide groups is 1. The lowest BCUT2D eigenvalue weighted by molar-refractivity contribution is -0.115. The number of benzene rings is 2. The van der Waals surface area contributed by atoms with Gasteiger partial charge in [0.1, 0.15) is 0 Å². The maximum absolute atomic E-state index is 12.6. The number of anilines is 1.